The van der Waals surface area contributed by atoms with Crippen molar-refractivity contribution in [3.63, 3.8) is 0 Å². The molecule has 0 bridgehead atoms. The van der Waals surface area contributed by atoms with Crippen molar-refractivity contribution < 1.29 is 22.4 Å². The Balaban J connectivity index is 1.57. The van der Waals surface area contributed by atoms with E-state index >= 15 is 0 Å². The molecule has 0 saturated carbocycles. The van der Waals surface area contributed by atoms with Crippen LogP contribution in [0.1, 0.15) is 23.9 Å². The Morgan fingerprint density at radius 1 is 1.03 bits per heavy atom. The number of rotatable bonds is 8. The molecule has 0 fully saturated rings. The lowest BCUT2D eigenvalue weighted by atomic mass is 10.1. The molecule has 0 aliphatic carbocycles. The fourth-order valence-corrected chi connectivity index (χ4v) is 3.51. The van der Waals surface area contributed by atoms with E-state index in [1.807, 2.05) is 24.3 Å². The second kappa shape index (κ2) is 8.87. The van der Waals surface area contributed by atoms with Crippen LogP contribution in [-0.2, 0) is 27.5 Å². The molecule has 0 unspecified atom stereocenters. The lowest BCUT2D eigenvalue weighted by Crippen LogP contribution is -2.14. The second-order valence-electron chi connectivity index (χ2n) is 6.30. The molecule has 1 aromatic heterocycles. The zero-order chi connectivity index (χ0) is 20.9. The van der Waals surface area contributed by atoms with E-state index in [2.05, 4.69) is 15.5 Å². The Bertz CT molecular complexity index is 1070. The lowest BCUT2D eigenvalue weighted by molar-refractivity contribution is -0.115. The van der Waals surface area contributed by atoms with Gasteiger partial charge in [-0.15, -0.1) is 5.10 Å². The van der Waals surface area contributed by atoms with Gasteiger partial charge in [-0.2, -0.15) is 0 Å². The molecule has 0 aliphatic heterocycles. The summed E-state index contributed by atoms with van der Waals surface area (Å²) >= 11 is 0. The molecule has 1 heterocycles. The third-order valence-electron chi connectivity index (χ3n) is 4.25. The summed E-state index contributed by atoms with van der Waals surface area (Å²) in [6.45, 7) is 1.59. The van der Waals surface area contributed by atoms with E-state index in [0.29, 0.717) is 17.9 Å². The summed E-state index contributed by atoms with van der Waals surface area (Å²) in [4.78, 5) is 12.4. The van der Waals surface area contributed by atoms with Crippen LogP contribution in [0.25, 0.3) is 0 Å². The van der Waals surface area contributed by atoms with Gasteiger partial charge in [0.2, 0.25) is 11.8 Å². The average Bonchev–Trinajstić information content (AvgIpc) is 3.15. The minimum atomic E-state index is -3.26. The summed E-state index contributed by atoms with van der Waals surface area (Å²) in [5, 5.41) is 10.3. The third-order valence-corrected chi connectivity index (χ3v) is 6.01. The van der Waals surface area contributed by atoms with Crippen molar-refractivity contribution in [1.82, 2.24) is 10.2 Å². The fourth-order valence-electron chi connectivity index (χ4n) is 2.62. The average molecular weight is 415 g/mol. The molecule has 9 heteroatoms. The van der Waals surface area contributed by atoms with E-state index in [1.165, 1.54) is 12.1 Å². The van der Waals surface area contributed by atoms with Gasteiger partial charge >= 0.3 is 6.01 Å². The quantitative estimate of drug-likeness (QED) is 0.602. The second-order valence-corrected chi connectivity index (χ2v) is 8.58. The van der Waals surface area contributed by atoms with Crippen LogP contribution in [0.3, 0.4) is 0 Å². The molecule has 3 rings (SSSR count). The lowest BCUT2D eigenvalue weighted by Gasteiger charge is -2.04. The van der Waals surface area contributed by atoms with Gasteiger partial charge in [-0.3, -0.25) is 10.1 Å². The Kier molecular flexibility index (Phi) is 6.28. The zero-order valence-corrected chi connectivity index (χ0v) is 16.9. The van der Waals surface area contributed by atoms with E-state index in [4.69, 9.17) is 9.15 Å². The molecule has 0 radical (unpaired) electrons. The van der Waals surface area contributed by atoms with Crippen molar-refractivity contribution in [1.29, 1.82) is 0 Å². The fraction of sp³-hybridized carbons (Fsp3) is 0.250. The highest BCUT2D eigenvalue weighted by molar-refractivity contribution is 7.91. The van der Waals surface area contributed by atoms with E-state index < -0.39 is 9.84 Å². The Morgan fingerprint density at radius 3 is 2.31 bits per heavy atom. The summed E-state index contributed by atoms with van der Waals surface area (Å²) in [5.41, 5.74) is 1.64. The standard InChI is InChI=1S/C20H21N3O5S/c1-3-29(25,26)17-10-6-14(7-11-17)12-18(24)21-20-23-22-19(28-20)13-15-4-8-16(27-2)9-5-15/h4-11H,3,12-13H2,1-2H3,(H,21,23,24). The first-order chi connectivity index (χ1) is 13.9. The monoisotopic (exact) mass is 415 g/mol. The van der Waals surface area contributed by atoms with Crippen LogP contribution < -0.4 is 10.1 Å². The Morgan fingerprint density at radius 2 is 1.69 bits per heavy atom. The summed E-state index contributed by atoms with van der Waals surface area (Å²) in [6.07, 6.45) is 0.489. The molecule has 0 spiro atoms. The van der Waals surface area contributed by atoms with Crippen molar-refractivity contribution in [3.8, 4) is 5.75 Å². The summed E-state index contributed by atoms with van der Waals surface area (Å²) in [5.74, 6) is 0.825. The van der Waals surface area contributed by atoms with Gasteiger partial charge in [-0.05, 0) is 35.4 Å². The molecule has 0 aliphatic rings. The van der Waals surface area contributed by atoms with Crippen molar-refractivity contribution in [2.24, 2.45) is 0 Å². The first-order valence-corrected chi connectivity index (χ1v) is 10.6. The minimum Gasteiger partial charge on any atom is -0.497 e. The summed E-state index contributed by atoms with van der Waals surface area (Å²) in [6, 6.07) is 13.7. The van der Waals surface area contributed by atoms with Crippen molar-refractivity contribution in [3.05, 3.63) is 65.5 Å². The smallest absolute Gasteiger partial charge is 0.322 e. The van der Waals surface area contributed by atoms with Crippen LogP contribution in [0, 0.1) is 0 Å². The number of ether oxygens (including phenoxy) is 1. The molecule has 1 amide bonds. The predicted molar refractivity (Wildman–Crippen MR) is 107 cm³/mol. The van der Waals surface area contributed by atoms with Gasteiger partial charge in [0.05, 0.1) is 30.6 Å². The van der Waals surface area contributed by atoms with Crippen molar-refractivity contribution >= 4 is 21.8 Å². The van der Waals surface area contributed by atoms with Crippen LogP contribution in [-0.4, -0.2) is 37.4 Å². The molecular weight excluding hydrogens is 394 g/mol. The summed E-state index contributed by atoms with van der Waals surface area (Å²) < 4.78 is 34.2. The number of hydrogen-bond donors (Lipinski definition) is 1. The number of amides is 1. The maximum Gasteiger partial charge on any atom is 0.322 e. The largest absolute Gasteiger partial charge is 0.497 e. The van der Waals surface area contributed by atoms with E-state index in [-0.39, 0.29) is 29.0 Å². The summed E-state index contributed by atoms with van der Waals surface area (Å²) in [7, 11) is -1.66. The van der Waals surface area contributed by atoms with Crippen LogP contribution in [0.4, 0.5) is 6.01 Å². The number of aromatic nitrogens is 2. The highest BCUT2D eigenvalue weighted by Gasteiger charge is 2.13. The van der Waals surface area contributed by atoms with Gasteiger partial charge in [0, 0.05) is 0 Å². The van der Waals surface area contributed by atoms with Crippen LogP contribution in [0.5, 0.6) is 5.75 Å². The Labute approximate surface area is 168 Å². The van der Waals surface area contributed by atoms with Crippen LogP contribution in [0.15, 0.2) is 57.8 Å². The number of sulfone groups is 1. The van der Waals surface area contributed by atoms with Gasteiger partial charge in [-0.25, -0.2) is 8.42 Å². The number of hydrogen-bond acceptors (Lipinski definition) is 7. The number of methoxy groups -OCH3 is 1. The number of benzene rings is 2. The van der Waals surface area contributed by atoms with Gasteiger partial charge in [-0.1, -0.05) is 36.3 Å². The van der Waals surface area contributed by atoms with Crippen molar-refractivity contribution in [2.45, 2.75) is 24.7 Å². The number of anilines is 1. The third kappa shape index (κ3) is 5.41. The SMILES string of the molecule is CCS(=O)(=O)c1ccc(CC(=O)Nc2nnc(Cc3ccc(OC)cc3)o2)cc1. The minimum absolute atomic E-state index is 0.0173. The van der Waals surface area contributed by atoms with Gasteiger partial charge < -0.3 is 9.15 Å². The molecule has 8 nitrogen and oxygen atoms in total. The highest BCUT2D eigenvalue weighted by Crippen LogP contribution is 2.16. The number of nitrogens with one attached hydrogen (secondary N) is 1. The topological polar surface area (TPSA) is 111 Å². The predicted octanol–water partition coefficient (Wildman–Crippen LogP) is 2.64. The number of carbonyl (C=O) groups excluding carboxylic acids is 1. The van der Waals surface area contributed by atoms with E-state index in [1.54, 1.807) is 26.2 Å². The first-order valence-electron chi connectivity index (χ1n) is 8.96. The maximum atomic E-state index is 12.2. The molecule has 29 heavy (non-hydrogen) atoms. The maximum absolute atomic E-state index is 12.2. The van der Waals surface area contributed by atoms with E-state index in [0.717, 1.165) is 11.3 Å². The van der Waals surface area contributed by atoms with Crippen molar-refractivity contribution in [2.75, 3.05) is 18.2 Å². The van der Waals surface area contributed by atoms with Crippen LogP contribution >= 0.6 is 0 Å². The molecule has 152 valence electrons. The Hall–Kier alpha value is -3.20. The molecule has 1 N–H and O–H groups in total. The zero-order valence-electron chi connectivity index (χ0n) is 16.1. The normalized spacial score (nSPS) is 11.2. The number of carbonyl (C=O) groups is 1. The highest BCUT2D eigenvalue weighted by atomic mass is 32.2. The molecule has 3 aromatic rings. The van der Waals surface area contributed by atoms with E-state index in [9.17, 15) is 13.2 Å². The van der Waals surface area contributed by atoms with Gasteiger partial charge in [0.15, 0.2) is 9.84 Å². The molecule has 2 aromatic carbocycles. The first kappa shape index (κ1) is 20.5. The van der Waals surface area contributed by atoms with Gasteiger partial charge in [0.1, 0.15) is 5.75 Å². The molecule has 0 atom stereocenters. The number of nitrogens with zero attached hydrogens (tertiary/aromatic N) is 2. The van der Waals surface area contributed by atoms with Gasteiger partial charge in [0.25, 0.3) is 0 Å². The molecular formula is C20H21N3O5S. The molecule has 0 saturated heterocycles. The van der Waals surface area contributed by atoms with Crippen LogP contribution in [0.2, 0.25) is 0 Å².